The fourth-order valence-electron chi connectivity index (χ4n) is 2.26. The smallest absolute Gasteiger partial charge is 0.253 e. The average molecular weight is 277 g/mol. The summed E-state index contributed by atoms with van der Waals surface area (Å²) >= 11 is 0. The Morgan fingerprint density at radius 2 is 2.30 bits per heavy atom. The molecular weight excluding hydrogens is 258 g/mol. The summed E-state index contributed by atoms with van der Waals surface area (Å²) in [5.41, 5.74) is 6.05. The number of carbonyl (C=O) groups is 1. The minimum Gasteiger partial charge on any atom is -0.409 e. The van der Waals surface area contributed by atoms with Crippen molar-refractivity contribution >= 4 is 11.7 Å². The van der Waals surface area contributed by atoms with Crippen molar-refractivity contribution in [2.45, 2.75) is 18.9 Å². The molecule has 7 nitrogen and oxygen atoms in total. The van der Waals surface area contributed by atoms with E-state index >= 15 is 0 Å². The molecule has 0 aromatic carbocycles. The first-order valence-electron chi connectivity index (χ1n) is 6.58. The van der Waals surface area contributed by atoms with Crippen LogP contribution in [0.2, 0.25) is 0 Å². The van der Waals surface area contributed by atoms with Crippen molar-refractivity contribution in [3.63, 3.8) is 0 Å². The molecule has 0 aliphatic carbocycles. The molecule has 0 saturated carbocycles. The van der Waals surface area contributed by atoms with Gasteiger partial charge >= 0.3 is 0 Å². The van der Waals surface area contributed by atoms with Crippen LogP contribution >= 0.6 is 0 Å². The van der Waals surface area contributed by atoms with Crippen molar-refractivity contribution in [2.75, 3.05) is 19.6 Å². The molecule has 0 unspecified atom stereocenters. The molecule has 0 radical (unpaired) electrons. The highest BCUT2D eigenvalue weighted by molar-refractivity contribution is 5.94. The highest BCUT2D eigenvalue weighted by Gasteiger charge is 2.21. The third kappa shape index (κ3) is 3.92. The quantitative estimate of drug-likeness (QED) is 0.311. The zero-order chi connectivity index (χ0) is 14.4. The first-order valence-corrected chi connectivity index (χ1v) is 6.58. The van der Waals surface area contributed by atoms with Crippen molar-refractivity contribution in [2.24, 2.45) is 10.9 Å². The largest absolute Gasteiger partial charge is 0.409 e. The van der Waals surface area contributed by atoms with Gasteiger partial charge in [-0.05, 0) is 25.0 Å². The SMILES string of the molecule is NC(CN1CCC(NC(=O)c2cccnc2)CC1)=NO. The van der Waals surface area contributed by atoms with Crippen LogP contribution in [0.25, 0.3) is 0 Å². The van der Waals surface area contributed by atoms with E-state index in [1.807, 2.05) is 0 Å². The fourth-order valence-corrected chi connectivity index (χ4v) is 2.26. The lowest BCUT2D eigenvalue weighted by Crippen LogP contribution is -2.46. The van der Waals surface area contributed by atoms with Crippen LogP contribution in [-0.2, 0) is 0 Å². The van der Waals surface area contributed by atoms with Crippen LogP contribution in [0.4, 0.5) is 0 Å². The van der Waals surface area contributed by atoms with Crippen molar-refractivity contribution in [1.29, 1.82) is 0 Å². The molecule has 1 fully saturated rings. The van der Waals surface area contributed by atoms with E-state index in [-0.39, 0.29) is 17.8 Å². The van der Waals surface area contributed by atoms with E-state index in [1.165, 1.54) is 0 Å². The van der Waals surface area contributed by atoms with E-state index in [1.54, 1.807) is 24.5 Å². The lowest BCUT2D eigenvalue weighted by molar-refractivity contribution is 0.0914. The van der Waals surface area contributed by atoms with Crippen molar-refractivity contribution < 1.29 is 10.0 Å². The number of aromatic nitrogens is 1. The van der Waals surface area contributed by atoms with Gasteiger partial charge in [0.15, 0.2) is 5.84 Å². The number of hydrogen-bond acceptors (Lipinski definition) is 5. The molecule has 0 spiro atoms. The number of carbonyl (C=O) groups excluding carboxylic acids is 1. The minimum atomic E-state index is -0.0898. The van der Waals surface area contributed by atoms with Gasteiger partial charge in [0.1, 0.15) is 0 Å². The van der Waals surface area contributed by atoms with Crippen LogP contribution in [0.1, 0.15) is 23.2 Å². The van der Waals surface area contributed by atoms with E-state index in [4.69, 9.17) is 10.9 Å². The number of oxime groups is 1. The lowest BCUT2D eigenvalue weighted by atomic mass is 10.0. The van der Waals surface area contributed by atoms with Gasteiger partial charge < -0.3 is 16.3 Å². The molecule has 2 rings (SSSR count). The fraction of sp³-hybridized carbons (Fsp3) is 0.462. The Morgan fingerprint density at radius 3 is 2.90 bits per heavy atom. The van der Waals surface area contributed by atoms with Gasteiger partial charge in [0.2, 0.25) is 0 Å². The maximum absolute atomic E-state index is 12.0. The monoisotopic (exact) mass is 277 g/mol. The molecule has 1 saturated heterocycles. The Bertz CT molecular complexity index is 469. The number of nitrogens with one attached hydrogen (secondary N) is 1. The third-order valence-electron chi connectivity index (χ3n) is 3.36. The van der Waals surface area contributed by atoms with Gasteiger partial charge in [0, 0.05) is 31.5 Å². The van der Waals surface area contributed by atoms with Gasteiger partial charge in [-0.2, -0.15) is 0 Å². The molecule has 1 aliphatic heterocycles. The molecule has 1 amide bonds. The summed E-state index contributed by atoms with van der Waals surface area (Å²) in [5, 5.41) is 14.5. The van der Waals surface area contributed by atoms with Crippen LogP contribution in [0.3, 0.4) is 0 Å². The molecule has 2 heterocycles. The van der Waals surface area contributed by atoms with Gasteiger partial charge in [-0.1, -0.05) is 5.16 Å². The molecule has 108 valence electrons. The molecule has 1 aromatic rings. The topological polar surface area (TPSA) is 104 Å². The van der Waals surface area contributed by atoms with Crippen molar-refractivity contribution in [1.82, 2.24) is 15.2 Å². The number of amidine groups is 1. The first kappa shape index (κ1) is 14.3. The van der Waals surface area contributed by atoms with E-state index in [0.717, 1.165) is 25.9 Å². The Hall–Kier alpha value is -2.15. The zero-order valence-corrected chi connectivity index (χ0v) is 11.2. The number of piperidine rings is 1. The van der Waals surface area contributed by atoms with Gasteiger partial charge in [0.05, 0.1) is 12.1 Å². The Kier molecular flexibility index (Phi) is 4.89. The number of hydrogen-bond donors (Lipinski definition) is 3. The van der Waals surface area contributed by atoms with E-state index in [9.17, 15) is 4.79 Å². The van der Waals surface area contributed by atoms with Crippen LogP contribution in [0.5, 0.6) is 0 Å². The standard InChI is InChI=1S/C13H19N5O2/c14-12(17-20)9-18-6-3-11(4-7-18)16-13(19)10-2-1-5-15-8-10/h1-2,5,8,11,20H,3-4,6-7,9H2,(H2,14,17)(H,16,19). The van der Waals surface area contributed by atoms with Crippen LogP contribution in [0, 0.1) is 0 Å². The molecule has 1 aliphatic rings. The van der Waals surface area contributed by atoms with E-state index in [2.05, 4.69) is 20.4 Å². The van der Waals surface area contributed by atoms with Crippen LogP contribution in [0.15, 0.2) is 29.7 Å². The predicted molar refractivity (Wildman–Crippen MR) is 74.6 cm³/mol. The minimum absolute atomic E-state index is 0.0898. The summed E-state index contributed by atoms with van der Waals surface area (Å²) in [5.74, 6) is 0.121. The van der Waals surface area contributed by atoms with Gasteiger partial charge in [-0.25, -0.2) is 0 Å². The van der Waals surface area contributed by atoms with Gasteiger partial charge in [-0.3, -0.25) is 14.7 Å². The highest BCUT2D eigenvalue weighted by atomic mass is 16.4. The van der Waals surface area contributed by atoms with E-state index < -0.39 is 0 Å². The average Bonchev–Trinajstić information content (AvgIpc) is 2.50. The number of likely N-dealkylation sites (tertiary alicyclic amines) is 1. The third-order valence-corrected chi connectivity index (χ3v) is 3.36. The van der Waals surface area contributed by atoms with Crippen molar-refractivity contribution in [3.05, 3.63) is 30.1 Å². The predicted octanol–water partition coefficient (Wildman–Crippen LogP) is 0.0222. The summed E-state index contributed by atoms with van der Waals surface area (Å²) in [6.45, 7) is 2.09. The normalized spacial score (nSPS) is 17.9. The Balaban J connectivity index is 1.79. The van der Waals surface area contributed by atoms with E-state index in [0.29, 0.717) is 12.1 Å². The number of nitrogens with two attached hydrogens (primary N) is 1. The highest BCUT2D eigenvalue weighted by Crippen LogP contribution is 2.10. The number of amides is 1. The summed E-state index contributed by atoms with van der Waals surface area (Å²) in [6.07, 6.45) is 4.90. The molecule has 20 heavy (non-hydrogen) atoms. The second-order valence-corrected chi connectivity index (χ2v) is 4.86. The van der Waals surface area contributed by atoms with Gasteiger partial charge in [-0.15, -0.1) is 0 Å². The van der Waals surface area contributed by atoms with Crippen LogP contribution < -0.4 is 11.1 Å². The molecule has 0 atom stereocenters. The molecule has 0 bridgehead atoms. The molecule has 1 aromatic heterocycles. The summed E-state index contributed by atoms with van der Waals surface area (Å²) < 4.78 is 0. The number of pyridine rings is 1. The summed E-state index contributed by atoms with van der Waals surface area (Å²) in [7, 11) is 0. The first-order chi connectivity index (χ1) is 9.69. The Labute approximate surface area is 117 Å². The number of nitrogens with zero attached hydrogens (tertiary/aromatic N) is 3. The Morgan fingerprint density at radius 1 is 1.55 bits per heavy atom. The summed E-state index contributed by atoms with van der Waals surface area (Å²) in [6, 6.07) is 3.65. The molecular formula is C13H19N5O2. The second kappa shape index (κ2) is 6.85. The maximum Gasteiger partial charge on any atom is 0.253 e. The molecule has 7 heteroatoms. The lowest BCUT2D eigenvalue weighted by Gasteiger charge is -2.31. The molecule has 4 N–H and O–H groups in total. The number of rotatable bonds is 4. The second-order valence-electron chi connectivity index (χ2n) is 4.86. The summed E-state index contributed by atoms with van der Waals surface area (Å²) in [4.78, 5) is 18.0. The van der Waals surface area contributed by atoms with Gasteiger partial charge in [0.25, 0.3) is 5.91 Å². The maximum atomic E-state index is 12.0. The van der Waals surface area contributed by atoms with Crippen molar-refractivity contribution in [3.8, 4) is 0 Å². The van der Waals surface area contributed by atoms with Crippen LogP contribution in [-0.4, -0.2) is 52.5 Å². The zero-order valence-electron chi connectivity index (χ0n) is 11.2.